The number of Topliss-reactive ketones (excluding diaryl/α,β-unsaturated/α-hetero) is 2. The average molecular weight is 859 g/mol. The molecule has 3 heterocycles. The van der Waals surface area contributed by atoms with Crippen LogP contribution >= 0.6 is 15.9 Å². The van der Waals surface area contributed by atoms with Crippen molar-refractivity contribution in [3.63, 3.8) is 0 Å². The summed E-state index contributed by atoms with van der Waals surface area (Å²) < 4.78 is 1.14. The molecule has 58 heavy (non-hydrogen) atoms. The molecule has 1 N–H and O–H groups in total. The van der Waals surface area contributed by atoms with Gasteiger partial charge in [0.25, 0.3) is 0 Å². The molecule has 3 aromatic rings. The lowest BCUT2D eigenvalue weighted by Gasteiger charge is -2.11. The molecule has 0 spiro atoms. The predicted octanol–water partition coefficient (Wildman–Crippen LogP) is 12.5. The molecular formula is C51H76BrN3O3. The summed E-state index contributed by atoms with van der Waals surface area (Å²) in [5, 5.41) is 9.24. The van der Waals surface area contributed by atoms with Gasteiger partial charge < -0.3 is 5.11 Å². The van der Waals surface area contributed by atoms with Gasteiger partial charge in [-0.3, -0.25) is 24.5 Å². The summed E-state index contributed by atoms with van der Waals surface area (Å²) in [5.41, 5.74) is 9.52. The smallest absolute Gasteiger partial charge is 0.136 e. The standard InChI is InChI=1S/2C17H25NO.C9H12BrN.C8H14O/c2*1-3-15-11-13(12-16(4-2)18-15)9-10-17(19)14-7-5-6-8-14;1-3-8-5-7(10)6-9(4-2)11-8;1-2-8(9)7-5-3-4-6-7/h2*11-12,14H,3-10H2,1-2H3;5-6H,3-4H2,1-2H3;2,7-9H,1,3-6H2. The Kier molecular flexibility index (Phi) is 23.5. The van der Waals surface area contributed by atoms with Gasteiger partial charge in [0.15, 0.2) is 0 Å². The van der Waals surface area contributed by atoms with Gasteiger partial charge in [-0.25, -0.2) is 0 Å². The van der Waals surface area contributed by atoms with Gasteiger partial charge in [0.05, 0.1) is 6.10 Å². The lowest BCUT2D eigenvalue weighted by Crippen LogP contribution is -2.13. The van der Waals surface area contributed by atoms with Crippen molar-refractivity contribution in [1.29, 1.82) is 0 Å². The molecule has 0 aromatic carbocycles. The SMILES string of the molecule is C=CC(O)C1CCCC1.CCc1cc(Br)cc(CC)n1.CCc1cc(CCC(=O)C2CCCC2)cc(CC)n1.CCc1cc(CCC(=O)C2CCCC2)cc(CC)n1. The molecule has 3 aliphatic rings. The molecule has 6 rings (SSSR count). The van der Waals surface area contributed by atoms with E-state index in [0.29, 0.717) is 42.2 Å². The maximum absolute atomic E-state index is 12.1. The molecule has 3 aromatic heterocycles. The number of carbonyl (C=O) groups is 2. The molecule has 3 fully saturated rings. The molecule has 1 unspecified atom stereocenters. The number of nitrogens with zero attached hydrogens (tertiary/aromatic N) is 3. The number of ketones is 2. The number of aromatic nitrogens is 3. The number of carbonyl (C=O) groups excluding carboxylic acids is 2. The zero-order valence-electron chi connectivity index (χ0n) is 37.1. The van der Waals surface area contributed by atoms with Crippen molar-refractivity contribution in [2.75, 3.05) is 0 Å². The van der Waals surface area contributed by atoms with Crippen molar-refractivity contribution in [2.45, 2.75) is 189 Å². The van der Waals surface area contributed by atoms with Crippen LogP contribution in [0.15, 0.2) is 53.5 Å². The summed E-state index contributed by atoms with van der Waals surface area (Å²) in [4.78, 5) is 37.8. The third-order valence-electron chi connectivity index (χ3n) is 12.1. The zero-order valence-corrected chi connectivity index (χ0v) is 38.7. The van der Waals surface area contributed by atoms with E-state index in [1.807, 2.05) is 0 Å². The molecule has 0 aliphatic heterocycles. The molecule has 0 bridgehead atoms. The number of aryl methyl sites for hydroxylation is 8. The van der Waals surface area contributed by atoms with E-state index in [9.17, 15) is 14.7 Å². The number of pyridine rings is 3. The number of aliphatic hydroxyl groups excluding tert-OH is 1. The maximum atomic E-state index is 12.1. The largest absolute Gasteiger partial charge is 0.389 e. The van der Waals surface area contributed by atoms with E-state index in [-0.39, 0.29) is 6.10 Å². The summed E-state index contributed by atoms with van der Waals surface area (Å²) in [5.74, 6) is 2.19. The highest BCUT2D eigenvalue weighted by Crippen LogP contribution is 2.29. The van der Waals surface area contributed by atoms with Gasteiger partial charge in [-0.15, -0.1) is 6.58 Å². The second-order valence-electron chi connectivity index (χ2n) is 16.5. The monoisotopic (exact) mass is 858 g/mol. The van der Waals surface area contributed by atoms with Crippen molar-refractivity contribution < 1.29 is 14.7 Å². The van der Waals surface area contributed by atoms with Gasteiger partial charge in [0.1, 0.15) is 11.6 Å². The summed E-state index contributed by atoms with van der Waals surface area (Å²) in [6.07, 6.45) is 24.9. The van der Waals surface area contributed by atoms with E-state index in [4.69, 9.17) is 0 Å². The molecule has 0 amide bonds. The van der Waals surface area contributed by atoms with Gasteiger partial charge in [0, 0.05) is 63.3 Å². The number of hydrogen-bond donors (Lipinski definition) is 1. The van der Waals surface area contributed by atoms with Gasteiger partial charge in [0.2, 0.25) is 0 Å². The molecule has 3 aliphatic carbocycles. The van der Waals surface area contributed by atoms with Crippen LogP contribution in [0.1, 0.15) is 177 Å². The van der Waals surface area contributed by atoms with Gasteiger partial charge in [-0.2, -0.15) is 0 Å². The zero-order chi connectivity index (χ0) is 42.3. The van der Waals surface area contributed by atoms with Crippen LogP contribution < -0.4 is 0 Å². The minimum absolute atomic E-state index is 0.243. The van der Waals surface area contributed by atoms with Gasteiger partial charge in [-0.05, 0) is 143 Å². The minimum Gasteiger partial charge on any atom is -0.389 e. The number of hydrogen-bond acceptors (Lipinski definition) is 6. The Hall–Kier alpha value is -3.03. The Balaban J connectivity index is 0.000000217. The lowest BCUT2D eigenvalue weighted by atomic mass is 9.96. The van der Waals surface area contributed by atoms with Crippen LogP contribution in [0, 0.1) is 17.8 Å². The average Bonchev–Trinajstić information content (AvgIpc) is 4.10. The van der Waals surface area contributed by atoms with Crippen LogP contribution in [0.5, 0.6) is 0 Å². The third kappa shape index (κ3) is 17.7. The van der Waals surface area contributed by atoms with E-state index < -0.39 is 0 Å². The van der Waals surface area contributed by atoms with Crippen molar-refractivity contribution >= 4 is 27.5 Å². The summed E-state index contributed by atoms with van der Waals surface area (Å²) in [7, 11) is 0. The first-order valence-electron chi connectivity index (χ1n) is 23.0. The molecule has 0 saturated heterocycles. The van der Waals surface area contributed by atoms with E-state index in [0.717, 1.165) is 116 Å². The van der Waals surface area contributed by atoms with Crippen LogP contribution in [-0.4, -0.2) is 37.7 Å². The highest BCUT2D eigenvalue weighted by Gasteiger charge is 2.23. The number of aliphatic hydroxyl groups is 1. The minimum atomic E-state index is -0.243. The lowest BCUT2D eigenvalue weighted by molar-refractivity contribution is -0.123. The normalized spacial score (nSPS) is 16.1. The Labute approximate surface area is 361 Å². The Morgan fingerprint density at radius 2 is 0.879 bits per heavy atom. The van der Waals surface area contributed by atoms with Crippen LogP contribution in [-0.2, 0) is 61.0 Å². The van der Waals surface area contributed by atoms with Crippen LogP contribution in [0.4, 0.5) is 0 Å². The topological polar surface area (TPSA) is 93.0 Å². The van der Waals surface area contributed by atoms with Gasteiger partial charge >= 0.3 is 0 Å². The van der Waals surface area contributed by atoms with E-state index in [2.05, 4.69) is 115 Å². The van der Waals surface area contributed by atoms with Crippen LogP contribution in [0.2, 0.25) is 0 Å². The summed E-state index contributed by atoms with van der Waals surface area (Å²) >= 11 is 3.45. The van der Waals surface area contributed by atoms with E-state index in [1.54, 1.807) is 6.08 Å². The Bertz CT molecular complexity index is 1520. The van der Waals surface area contributed by atoms with Crippen molar-refractivity contribution in [3.05, 3.63) is 98.8 Å². The molecule has 7 heteroatoms. The fraction of sp³-hybridized carbons (Fsp3) is 0.627. The molecular weight excluding hydrogens is 782 g/mol. The maximum Gasteiger partial charge on any atom is 0.136 e. The van der Waals surface area contributed by atoms with Crippen molar-refractivity contribution in [2.24, 2.45) is 17.8 Å². The fourth-order valence-corrected chi connectivity index (χ4v) is 8.88. The second kappa shape index (κ2) is 27.7. The molecule has 6 nitrogen and oxygen atoms in total. The molecule has 320 valence electrons. The Morgan fingerprint density at radius 3 is 1.17 bits per heavy atom. The first-order chi connectivity index (χ1) is 28.0. The Morgan fingerprint density at radius 1 is 0.586 bits per heavy atom. The highest BCUT2D eigenvalue weighted by molar-refractivity contribution is 9.10. The molecule has 3 saturated carbocycles. The summed E-state index contributed by atoms with van der Waals surface area (Å²) in [6.45, 7) is 16.3. The first-order valence-corrected chi connectivity index (χ1v) is 23.8. The quantitative estimate of drug-likeness (QED) is 0.144. The second-order valence-corrected chi connectivity index (χ2v) is 17.4. The fourth-order valence-electron chi connectivity index (χ4n) is 8.35. The van der Waals surface area contributed by atoms with Crippen molar-refractivity contribution in [3.8, 4) is 0 Å². The summed E-state index contributed by atoms with van der Waals surface area (Å²) in [6, 6.07) is 12.8. The first kappa shape index (κ1) is 49.3. The third-order valence-corrected chi connectivity index (χ3v) is 12.6. The van der Waals surface area contributed by atoms with E-state index >= 15 is 0 Å². The molecule has 0 radical (unpaired) electrons. The number of rotatable bonds is 16. The predicted molar refractivity (Wildman–Crippen MR) is 245 cm³/mol. The molecule has 1 atom stereocenters. The highest BCUT2D eigenvalue weighted by atomic mass is 79.9. The number of halogens is 1. The van der Waals surface area contributed by atoms with Crippen molar-refractivity contribution in [1.82, 2.24) is 15.0 Å². The van der Waals surface area contributed by atoms with Gasteiger partial charge in [-0.1, -0.05) is 102 Å². The van der Waals surface area contributed by atoms with Crippen LogP contribution in [0.3, 0.4) is 0 Å². The van der Waals surface area contributed by atoms with Crippen LogP contribution in [0.25, 0.3) is 0 Å². The van der Waals surface area contributed by atoms with E-state index in [1.165, 1.54) is 62.5 Å².